The number of ether oxygens (including phenoxy) is 2. The van der Waals surface area contributed by atoms with Gasteiger partial charge in [0.05, 0.1) is 19.3 Å². The van der Waals surface area contributed by atoms with Crippen molar-refractivity contribution in [1.29, 1.82) is 0 Å². The molecular weight excluding hydrogens is 325 g/mol. The molecule has 0 unspecified atom stereocenters. The van der Waals surface area contributed by atoms with Crippen molar-refractivity contribution in [2.24, 2.45) is 0 Å². The van der Waals surface area contributed by atoms with Crippen molar-refractivity contribution in [3.63, 3.8) is 0 Å². The third-order valence-corrected chi connectivity index (χ3v) is 4.10. The second-order valence-electron chi connectivity index (χ2n) is 5.32. The van der Waals surface area contributed by atoms with Gasteiger partial charge in [0.25, 0.3) is 0 Å². The second-order valence-corrected chi connectivity index (χ2v) is 5.75. The number of hydrogen-bond acceptors (Lipinski definition) is 4. The number of rotatable bonds is 4. The number of nitrogens with zero attached hydrogens (tertiary/aromatic N) is 1. The standard InChI is InChI=1S/C16H19ClFNO4/c1-19(13-8-23-9-14(22-2)16(13)21)15(20)6-4-10-3-5-11(17)7-12(10)18/h3-7,13-14,16,21H,8-9H2,1-2H3/b6-4+/t13-,14-,16+/m1/s1. The number of halogens is 2. The summed E-state index contributed by atoms with van der Waals surface area (Å²) in [6.45, 7) is 0.494. The Kier molecular flexibility index (Phi) is 6.12. The molecular formula is C16H19ClFNO4. The van der Waals surface area contributed by atoms with Crippen LogP contribution < -0.4 is 0 Å². The van der Waals surface area contributed by atoms with E-state index in [0.29, 0.717) is 0 Å². The fourth-order valence-corrected chi connectivity index (χ4v) is 2.54. The van der Waals surface area contributed by atoms with Gasteiger partial charge in [0.1, 0.15) is 18.0 Å². The third-order valence-electron chi connectivity index (χ3n) is 3.86. The molecule has 7 heteroatoms. The Labute approximate surface area is 139 Å². The Balaban J connectivity index is 2.06. The van der Waals surface area contributed by atoms with Gasteiger partial charge in [0, 0.05) is 30.8 Å². The van der Waals surface area contributed by atoms with Crippen molar-refractivity contribution in [3.05, 3.63) is 40.7 Å². The zero-order valence-corrected chi connectivity index (χ0v) is 13.7. The minimum atomic E-state index is -0.844. The lowest BCUT2D eigenvalue weighted by Crippen LogP contribution is -2.56. The summed E-state index contributed by atoms with van der Waals surface area (Å²) < 4.78 is 24.2. The maximum absolute atomic E-state index is 13.7. The maximum Gasteiger partial charge on any atom is 0.246 e. The Morgan fingerprint density at radius 3 is 2.91 bits per heavy atom. The van der Waals surface area contributed by atoms with E-state index in [1.807, 2.05) is 0 Å². The van der Waals surface area contributed by atoms with Crippen LogP contribution in [0, 0.1) is 5.82 Å². The van der Waals surface area contributed by atoms with E-state index < -0.39 is 24.1 Å². The summed E-state index contributed by atoms with van der Waals surface area (Å²) in [5, 5.41) is 10.5. The number of carbonyl (C=O) groups is 1. The van der Waals surface area contributed by atoms with Gasteiger partial charge in [-0.3, -0.25) is 4.79 Å². The molecule has 1 N–H and O–H groups in total. The number of amides is 1. The molecule has 0 radical (unpaired) electrons. The Bertz CT molecular complexity index is 595. The smallest absolute Gasteiger partial charge is 0.246 e. The van der Waals surface area contributed by atoms with Crippen LogP contribution in [-0.2, 0) is 14.3 Å². The Hall–Kier alpha value is -1.47. The van der Waals surface area contributed by atoms with Crippen molar-refractivity contribution in [2.45, 2.75) is 18.2 Å². The highest BCUT2D eigenvalue weighted by molar-refractivity contribution is 6.30. The fraction of sp³-hybridized carbons (Fsp3) is 0.438. The molecule has 1 fully saturated rings. The zero-order valence-electron chi connectivity index (χ0n) is 12.9. The summed E-state index contributed by atoms with van der Waals surface area (Å²) in [7, 11) is 3.03. The first-order chi connectivity index (χ1) is 10.9. The van der Waals surface area contributed by atoms with Crippen LogP contribution in [0.5, 0.6) is 0 Å². The molecule has 5 nitrogen and oxygen atoms in total. The van der Waals surface area contributed by atoms with E-state index in [2.05, 4.69) is 0 Å². The van der Waals surface area contributed by atoms with Gasteiger partial charge in [-0.1, -0.05) is 17.7 Å². The number of methoxy groups -OCH3 is 1. The molecule has 1 aromatic carbocycles. The summed E-state index contributed by atoms with van der Waals surface area (Å²) in [6.07, 6.45) is 1.29. The molecule has 0 aliphatic carbocycles. The van der Waals surface area contributed by atoms with E-state index in [9.17, 15) is 14.3 Å². The predicted octanol–water partition coefficient (Wildman–Crippen LogP) is 1.73. The van der Waals surface area contributed by atoms with E-state index in [1.165, 1.54) is 36.3 Å². The van der Waals surface area contributed by atoms with Crippen LogP contribution in [0.2, 0.25) is 5.02 Å². The molecule has 1 amide bonds. The lowest BCUT2D eigenvalue weighted by atomic mass is 10.0. The van der Waals surface area contributed by atoms with Gasteiger partial charge >= 0.3 is 0 Å². The highest BCUT2D eigenvalue weighted by atomic mass is 35.5. The number of benzene rings is 1. The van der Waals surface area contributed by atoms with Gasteiger partial charge in [0.15, 0.2) is 0 Å². The quantitative estimate of drug-likeness (QED) is 0.846. The van der Waals surface area contributed by atoms with Gasteiger partial charge in [-0.15, -0.1) is 0 Å². The SMILES string of the molecule is CO[C@@H]1COC[C@@H](N(C)C(=O)/C=C/c2ccc(Cl)cc2F)[C@@H]1O. The molecule has 126 valence electrons. The van der Waals surface area contributed by atoms with Gasteiger partial charge in [-0.25, -0.2) is 4.39 Å². The molecule has 1 heterocycles. The normalized spacial score (nSPS) is 24.8. The van der Waals surface area contributed by atoms with Crippen LogP contribution in [0.15, 0.2) is 24.3 Å². The Morgan fingerprint density at radius 2 is 2.26 bits per heavy atom. The highest BCUT2D eigenvalue weighted by Crippen LogP contribution is 2.18. The second kappa shape index (κ2) is 7.88. The molecule has 1 aromatic rings. The van der Waals surface area contributed by atoms with Crippen LogP contribution >= 0.6 is 11.6 Å². The van der Waals surface area contributed by atoms with Crippen molar-refractivity contribution in [1.82, 2.24) is 4.90 Å². The third kappa shape index (κ3) is 4.29. The van der Waals surface area contributed by atoms with E-state index in [-0.39, 0.29) is 29.7 Å². The maximum atomic E-state index is 13.7. The number of likely N-dealkylation sites (N-methyl/N-ethyl adjacent to an activating group) is 1. The predicted molar refractivity (Wildman–Crippen MR) is 84.6 cm³/mol. The number of aliphatic hydroxyl groups is 1. The van der Waals surface area contributed by atoms with Crippen molar-refractivity contribution < 1.29 is 23.8 Å². The largest absolute Gasteiger partial charge is 0.388 e. The molecule has 23 heavy (non-hydrogen) atoms. The van der Waals surface area contributed by atoms with Crippen LogP contribution in [0.25, 0.3) is 6.08 Å². The summed E-state index contributed by atoms with van der Waals surface area (Å²) in [4.78, 5) is 13.6. The first-order valence-electron chi connectivity index (χ1n) is 7.12. The molecule has 0 bridgehead atoms. The minimum Gasteiger partial charge on any atom is -0.388 e. The van der Waals surface area contributed by atoms with Gasteiger partial charge < -0.3 is 19.5 Å². The molecule has 0 saturated carbocycles. The molecule has 2 rings (SSSR count). The fourth-order valence-electron chi connectivity index (χ4n) is 2.38. The number of carbonyl (C=O) groups excluding carboxylic acids is 1. The number of aliphatic hydroxyl groups excluding tert-OH is 1. The van der Waals surface area contributed by atoms with E-state index in [4.69, 9.17) is 21.1 Å². The molecule has 3 atom stereocenters. The van der Waals surface area contributed by atoms with Gasteiger partial charge in [-0.05, 0) is 18.2 Å². The lowest BCUT2D eigenvalue weighted by molar-refractivity contribution is -0.154. The molecule has 1 aliphatic rings. The zero-order chi connectivity index (χ0) is 17.0. The van der Waals surface area contributed by atoms with Gasteiger partial charge in [0.2, 0.25) is 5.91 Å². The number of hydrogen-bond donors (Lipinski definition) is 1. The monoisotopic (exact) mass is 343 g/mol. The molecule has 1 saturated heterocycles. The average Bonchev–Trinajstić information content (AvgIpc) is 2.53. The highest BCUT2D eigenvalue weighted by Gasteiger charge is 2.36. The first-order valence-corrected chi connectivity index (χ1v) is 7.50. The van der Waals surface area contributed by atoms with E-state index in [1.54, 1.807) is 13.1 Å². The first kappa shape index (κ1) is 17.9. The van der Waals surface area contributed by atoms with Crippen molar-refractivity contribution >= 4 is 23.6 Å². The summed E-state index contributed by atoms with van der Waals surface area (Å²) in [5.74, 6) is -0.881. The summed E-state index contributed by atoms with van der Waals surface area (Å²) >= 11 is 5.68. The van der Waals surface area contributed by atoms with Crippen molar-refractivity contribution in [3.8, 4) is 0 Å². The van der Waals surface area contributed by atoms with E-state index >= 15 is 0 Å². The van der Waals surface area contributed by atoms with Crippen LogP contribution in [0.4, 0.5) is 4.39 Å². The average molecular weight is 344 g/mol. The van der Waals surface area contributed by atoms with E-state index in [0.717, 1.165) is 0 Å². The van der Waals surface area contributed by atoms with Crippen LogP contribution in [0.3, 0.4) is 0 Å². The summed E-state index contributed by atoms with van der Waals surface area (Å²) in [6, 6.07) is 3.68. The molecule has 1 aliphatic heterocycles. The van der Waals surface area contributed by atoms with Gasteiger partial charge in [-0.2, -0.15) is 0 Å². The van der Waals surface area contributed by atoms with Crippen molar-refractivity contribution in [2.75, 3.05) is 27.4 Å². The van der Waals surface area contributed by atoms with Crippen LogP contribution in [-0.4, -0.2) is 61.5 Å². The topological polar surface area (TPSA) is 59.0 Å². The Morgan fingerprint density at radius 1 is 1.52 bits per heavy atom. The summed E-state index contributed by atoms with van der Waals surface area (Å²) in [5.41, 5.74) is 0.256. The minimum absolute atomic E-state index is 0.215. The van der Waals surface area contributed by atoms with Crippen LogP contribution in [0.1, 0.15) is 5.56 Å². The molecule has 0 aromatic heterocycles. The molecule has 0 spiro atoms. The lowest BCUT2D eigenvalue weighted by Gasteiger charge is -2.38.